The van der Waals surface area contributed by atoms with Crippen LogP contribution in [-0.4, -0.2) is 53.8 Å². The van der Waals surface area contributed by atoms with Gasteiger partial charge in [0.05, 0.1) is 18.9 Å². The molecule has 0 radical (unpaired) electrons. The van der Waals surface area contributed by atoms with Crippen LogP contribution < -0.4 is 5.32 Å². The first-order valence-electron chi connectivity index (χ1n) is 8.95. The Labute approximate surface area is 152 Å². The molecule has 0 aromatic carbocycles. The predicted octanol–water partition coefficient (Wildman–Crippen LogP) is 2.50. The normalized spacial score (nSPS) is 18.5. The van der Waals surface area contributed by atoms with Gasteiger partial charge in [-0.25, -0.2) is 0 Å². The van der Waals surface area contributed by atoms with Crippen molar-refractivity contribution in [1.82, 2.24) is 10.2 Å². The first kappa shape index (κ1) is 21.3. The standard InChI is InChI=1S/C18H34N2O3S/c1-13(2)11-23-16(21)10-14(12-24)17(22)19-15-6-8-20(9-7-15)18(3,4)5/h13-15,24H,6-12H2,1-5H3,(H,19,22)/t14-/m1/s1. The van der Waals surface area contributed by atoms with Gasteiger partial charge in [0.15, 0.2) is 0 Å². The number of nitrogens with one attached hydrogen (secondary N) is 1. The van der Waals surface area contributed by atoms with E-state index in [1.807, 2.05) is 13.8 Å². The van der Waals surface area contributed by atoms with Crippen LogP contribution in [0.25, 0.3) is 0 Å². The highest BCUT2D eigenvalue weighted by Gasteiger charge is 2.29. The van der Waals surface area contributed by atoms with Gasteiger partial charge in [-0.15, -0.1) is 0 Å². The van der Waals surface area contributed by atoms with Crippen LogP contribution in [-0.2, 0) is 14.3 Å². The van der Waals surface area contributed by atoms with Crippen molar-refractivity contribution in [3.8, 4) is 0 Å². The molecule has 1 fully saturated rings. The van der Waals surface area contributed by atoms with Gasteiger partial charge in [0, 0.05) is 30.4 Å². The summed E-state index contributed by atoms with van der Waals surface area (Å²) in [7, 11) is 0. The van der Waals surface area contributed by atoms with Crippen LogP contribution >= 0.6 is 12.6 Å². The third-order valence-electron chi connectivity index (χ3n) is 4.37. The number of esters is 1. The molecule has 1 amide bonds. The lowest BCUT2D eigenvalue weighted by Gasteiger charge is -2.41. The van der Waals surface area contributed by atoms with Crippen molar-refractivity contribution in [2.75, 3.05) is 25.4 Å². The number of carbonyl (C=O) groups is 2. The second kappa shape index (κ2) is 9.66. The number of rotatable bonds is 7. The van der Waals surface area contributed by atoms with E-state index in [9.17, 15) is 9.59 Å². The summed E-state index contributed by atoms with van der Waals surface area (Å²) in [5.41, 5.74) is 0.169. The van der Waals surface area contributed by atoms with Crippen molar-refractivity contribution in [1.29, 1.82) is 0 Å². The lowest BCUT2D eigenvalue weighted by Crippen LogP contribution is -2.51. The van der Waals surface area contributed by atoms with Crippen LogP contribution in [0.2, 0.25) is 0 Å². The number of amides is 1. The summed E-state index contributed by atoms with van der Waals surface area (Å²) < 4.78 is 5.17. The van der Waals surface area contributed by atoms with Gasteiger partial charge in [0.1, 0.15) is 0 Å². The van der Waals surface area contributed by atoms with Gasteiger partial charge in [0.25, 0.3) is 0 Å². The molecule has 5 nitrogen and oxygen atoms in total. The lowest BCUT2D eigenvalue weighted by atomic mass is 9.97. The van der Waals surface area contributed by atoms with E-state index < -0.39 is 5.92 Å². The van der Waals surface area contributed by atoms with E-state index in [0.717, 1.165) is 25.9 Å². The van der Waals surface area contributed by atoms with Gasteiger partial charge in [-0.2, -0.15) is 12.6 Å². The molecule has 0 saturated carbocycles. The maximum atomic E-state index is 12.4. The molecule has 1 rings (SSSR count). The Morgan fingerprint density at radius 1 is 1.25 bits per heavy atom. The molecule has 1 aliphatic rings. The molecular formula is C18H34N2O3S. The highest BCUT2D eigenvalue weighted by molar-refractivity contribution is 7.80. The summed E-state index contributed by atoms with van der Waals surface area (Å²) in [5, 5.41) is 3.09. The zero-order valence-electron chi connectivity index (χ0n) is 15.8. The molecule has 1 heterocycles. The van der Waals surface area contributed by atoms with Crippen LogP contribution in [0.1, 0.15) is 53.9 Å². The average Bonchev–Trinajstić information content (AvgIpc) is 2.50. The minimum absolute atomic E-state index is 0.0827. The summed E-state index contributed by atoms with van der Waals surface area (Å²) >= 11 is 4.23. The van der Waals surface area contributed by atoms with Gasteiger partial charge in [-0.3, -0.25) is 14.5 Å². The van der Waals surface area contributed by atoms with Crippen molar-refractivity contribution < 1.29 is 14.3 Å². The average molecular weight is 359 g/mol. The quantitative estimate of drug-likeness (QED) is 0.542. The first-order valence-corrected chi connectivity index (χ1v) is 9.58. The number of hydrogen-bond acceptors (Lipinski definition) is 5. The van der Waals surface area contributed by atoms with Crippen LogP contribution in [0.3, 0.4) is 0 Å². The summed E-state index contributed by atoms with van der Waals surface area (Å²) in [6, 6.07) is 0.185. The molecule has 1 atom stereocenters. The Balaban J connectivity index is 2.41. The van der Waals surface area contributed by atoms with E-state index in [1.54, 1.807) is 0 Å². The Bertz CT molecular complexity index is 413. The van der Waals surface area contributed by atoms with Crippen LogP contribution in [0, 0.1) is 11.8 Å². The number of likely N-dealkylation sites (tertiary alicyclic amines) is 1. The van der Waals surface area contributed by atoms with Crippen molar-refractivity contribution in [2.45, 2.75) is 65.5 Å². The Hall–Kier alpha value is -0.750. The minimum Gasteiger partial charge on any atom is -0.465 e. The zero-order valence-corrected chi connectivity index (χ0v) is 16.7. The molecule has 0 bridgehead atoms. The van der Waals surface area contributed by atoms with Gasteiger partial charge >= 0.3 is 5.97 Å². The van der Waals surface area contributed by atoms with Crippen LogP contribution in [0.4, 0.5) is 0 Å². The molecule has 0 unspecified atom stereocenters. The fraction of sp³-hybridized carbons (Fsp3) is 0.889. The number of thiol groups is 1. The highest BCUT2D eigenvalue weighted by Crippen LogP contribution is 2.20. The Morgan fingerprint density at radius 3 is 2.29 bits per heavy atom. The second-order valence-corrected chi connectivity index (χ2v) is 8.47. The molecule has 6 heteroatoms. The molecule has 1 saturated heterocycles. The Morgan fingerprint density at radius 2 is 1.83 bits per heavy atom. The molecule has 24 heavy (non-hydrogen) atoms. The summed E-state index contributed by atoms with van der Waals surface area (Å²) in [6.07, 6.45) is 1.99. The molecule has 1 N–H and O–H groups in total. The third kappa shape index (κ3) is 7.43. The van der Waals surface area contributed by atoms with Crippen LogP contribution in [0.15, 0.2) is 0 Å². The molecule has 0 aliphatic carbocycles. The number of carbonyl (C=O) groups excluding carboxylic acids is 2. The van der Waals surface area contributed by atoms with Gasteiger partial charge in [0.2, 0.25) is 5.91 Å². The monoisotopic (exact) mass is 358 g/mol. The Kier molecular flexibility index (Phi) is 8.57. The summed E-state index contributed by atoms with van der Waals surface area (Å²) in [4.78, 5) is 26.7. The van der Waals surface area contributed by atoms with Gasteiger partial charge < -0.3 is 10.1 Å². The van der Waals surface area contributed by atoms with E-state index >= 15 is 0 Å². The van der Waals surface area contributed by atoms with E-state index in [4.69, 9.17) is 4.74 Å². The number of ether oxygens (including phenoxy) is 1. The summed E-state index contributed by atoms with van der Waals surface area (Å²) in [6.45, 7) is 13.0. The molecular weight excluding hydrogens is 324 g/mol. The van der Waals surface area contributed by atoms with Crippen molar-refractivity contribution in [3.63, 3.8) is 0 Å². The molecule has 0 aromatic rings. The van der Waals surface area contributed by atoms with Crippen molar-refractivity contribution in [3.05, 3.63) is 0 Å². The third-order valence-corrected chi connectivity index (χ3v) is 4.81. The maximum Gasteiger partial charge on any atom is 0.306 e. The van der Waals surface area contributed by atoms with Gasteiger partial charge in [-0.1, -0.05) is 13.8 Å². The van der Waals surface area contributed by atoms with Crippen molar-refractivity contribution in [2.24, 2.45) is 11.8 Å². The largest absolute Gasteiger partial charge is 0.465 e. The summed E-state index contributed by atoms with van der Waals surface area (Å²) in [5.74, 6) is -0.177. The number of piperidine rings is 1. The van der Waals surface area contributed by atoms with E-state index in [2.05, 4.69) is 43.6 Å². The van der Waals surface area contributed by atoms with E-state index in [1.165, 1.54) is 0 Å². The lowest BCUT2D eigenvalue weighted by molar-refractivity contribution is -0.147. The molecule has 0 aromatic heterocycles. The SMILES string of the molecule is CC(C)COC(=O)C[C@H](CS)C(=O)NC1CCN(C(C)(C)C)CC1. The number of hydrogen-bond donors (Lipinski definition) is 2. The topological polar surface area (TPSA) is 58.6 Å². The fourth-order valence-electron chi connectivity index (χ4n) is 2.77. The zero-order chi connectivity index (χ0) is 18.3. The van der Waals surface area contributed by atoms with E-state index in [-0.39, 0.29) is 29.9 Å². The molecule has 0 spiro atoms. The maximum absolute atomic E-state index is 12.4. The molecule has 1 aliphatic heterocycles. The number of nitrogens with zero attached hydrogens (tertiary/aromatic N) is 1. The van der Waals surface area contributed by atoms with E-state index in [0.29, 0.717) is 18.3 Å². The first-order chi connectivity index (χ1) is 11.1. The predicted molar refractivity (Wildman–Crippen MR) is 100 cm³/mol. The van der Waals surface area contributed by atoms with Crippen LogP contribution in [0.5, 0.6) is 0 Å². The van der Waals surface area contributed by atoms with Gasteiger partial charge in [-0.05, 0) is 39.5 Å². The minimum atomic E-state index is -0.423. The van der Waals surface area contributed by atoms with Crippen molar-refractivity contribution >= 4 is 24.5 Å². The highest BCUT2D eigenvalue weighted by atomic mass is 32.1. The smallest absolute Gasteiger partial charge is 0.306 e. The second-order valence-electron chi connectivity index (χ2n) is 8.10. The molecule has 140 valence electrons. The fourth-order valence-corrected chi connectivity index (χ4v) is 3.07.